The molecule has 0 bridgehead atoms. The summed E-state index contributed by atoms with van der Waals surface area (Å²) in [4.78, 5) is 12.1. The van der Waals surface area contributed by atoms with Crippen molar-refractivity contribution in [3.05, 3.63) is 83.2 Å². The largest absolute Gasteiger partial charge is 0.496 e. The predicted octanol–water partition coefficient (Wildman–Crippen LogP) is 4.66. The van der Waals surface area contributed by atoms with Crippen molar-refractivity contribution in [2.75, 3.05) is 14.2 Å². The summed E-state index contributed by atoms with van der Waals surface area (Å²) in [7, 11) is 3.06. The quantitative estimate of drug-likeness (QED) is 0.500. The molecule has 1 heterocycles. The third-order valence-corrected chi connectivity index (χ3v) is 6.49. The van der Waals surface area contributed by atoms with Gasteiger partial charge in [0.1, 0.15) is 17.1 Å². The molecule has 1 radical (unpaired) electrons. The lowest BCUT2D eigenvalue weighted by molar-refractivity contribution is 0.0814. The van der Waals surface area contributed by atoms with Crippen LogP contribution in [-0.2, 0) is 19.4 Å². The molecular formula is C27H30NO4. The fourth-order valence-corrected chi connectivity index (χ4v) is 4.98. The van der Waals surface area contributed by atoms with Gasteiger partial charge < -0.3 is 19.1 Å². The van der Waals surface area contributed by atoms with Crippen molar-refractivity contribution >= 4 is 5.78 Å². The Bertz CT molecular complexity index is 1020. The molecule has 0 amide bonds. The third kappa shape index (κ3) is 4.58. The Labute approximate surface area is 189 Å². The van der Waals surface area contributed by atoms with Gasteiger partial charge >= 0.3 is 0 Å². The van der Waals surface area contributed by atoms with Gasteiger partial charge in [0.15, 0.2) is 5.78 Å². The summed E-state index contributed by atoms with van der Waals surface area (Å²) in [5.41, 5.74) is 3.91. The highest BCUT2D eigenvalue weighted by molar-refractivity contribution is 5.99. The molecule has 0 spiro atoms. The van der Waals surface area contributed by atoms with E-state index in [1.807, 2.05) is 18.5 Å². The van der Waals surface area contributed by atoms with Crippen LogP contribution in [0.4, 0.5) is 0 Å². The molecule has 167 valence electrons. The first-order valence-corrected chi connectivity index (χ1v) is 11.0. The van der Waals surface area contributed by atoms with Gasteiger partial charge in [0.25, 0.3) is 0 Å². The van der Waals surface area contributed by atoms with Gasteiger partial charge in [-0.2, -0.15) is 0 Å². The lowest BCUT2D eigenvalue weighted by atomic mass is 9.85. The molecule has 2 atom stereocenters. The van der Waals surface area contributed by atoms with Gasteiger partial charge in [0, 0.05) is 30.9 Å². The van der Waals surface area contributed by atoms with Crippen LogP contribution in [0.15, 0.2) is 54.9 Å². The summed E-state index contributed by atoms with van der Waals surface area (Å²) >= 11 is 0. The maximum Gasteiger partial charge on any atom is 0.167 e. The monoisotopic (exact) mass is 432 g/mol. The normalized spacial score (nSPS) is 15.2. The van der Waals surface area contributed by atoms with Gasteiger partial charge in [0.05, 0.1) is 20.3 Å². The van der Waals surface area contributed by atoms with Crippen LogP contribution in [0.25, 0.3) is 0 Å². The van der Waals surface area contributed by atoms with Crippen LogP contribution in [-0.4, -0.2) is 29.7 Å². The molecule has 5 heteroatoms. The number of ketones is 1. The number of Topliss-reactive ketones (excluding diaryl/α,β-unsaturated/α-hetero) is 1. The van der Waals surface area contributed by atoms with Crippen molar-refractivity contribution in [3.63, 3.8) is 0 Å². The summed E-state index contributed by atoms with van der Waals surface area (Å²) in [6, 6.07) is 17.1. The van der Waals surface area contributed by atoms with Crippen molar-refractivity contribution in [1.29, 1.82) is 0 Å². The van der Waals surface area contributed by atoms with Crippen molar-refractivity contribution in [2.24, 2.45) is 11.8 Å². The SMILES string of the molecule is COc1cc([C@@H](O)[C@@H](CC2Cc3ccccc3C2)Cn2c[c]cc2)cc(OC)c1C(C)=O. The summed E-state index contributed by atoms with van der Waals surface area (Å²) in [6.45, 7) is 2.16. The zero-order chi connectivity index (χ0) is 22.7. The van der Waals surface area contributed by atoms with Crippen molar-refractivity contribution in [3.8, 4) is 11.5 Å². The topological polar surface area (TPSA) is 60.7 Å². The number of nitrogens with zero attached hydrogens (tertiary/aromatic N) is 1. The molecule has 5 nitrogen and oxygen atoms in total. The number of carbonyl (C=O) groups is 1. The molecule has 1 aliphatic carbocycles. The van der Waals surface area contributed by atoms with E-state index < -0.39 is 6.10 Å². The second-order valence-electron chi connectivity index (χ2n) is 8.65. The molecule has 3 aromatic rings. The van der Waals surface area contributed by atoms with E-state index in [0.29, 0.717) is 35.1 Å². The van der Waals surface area contributed by atoms with Crippen LogP contribution >= 0.6 is 0 Å². The molecule has 0 saturated heterocycles. The molecule has 0 aliphatic heterocycles. The first-order chi connectivity index (χ1) is 15.5. The maximum atomic E-state index is 12.1. The van der Waals surface area contributed by atoms with E-state index in [9.17, 15) is 9.90 Å². The van der Waals surface area contributed by atoms with Gasteiger partial charge in [-0.05, 0) is 67.0 Å². The standard InChI is InChI=1S/C27H30NO4/c1-18(29)26-24(31-2)15-22(16-25(26)32-3)27(30)23(17-28-10-6-7-11-28)14-19-12-20-8-4-5-9-21(20)13-19/h4-6,8-11,15-16,19,23,27,30H,12-14,17H2,1-3H3/t23-,27+/m0/s1. The maximum absolute atomic E-state index is 12.1. The van der Waals surface area contributed by atoms with E-state index >= 15 is 0 Å². The van der Waals surface area contributed by atoms with Gasteiger partial charge in [-0.15, -0.1) is 0 Å². The molecule has 0 unspecified atom stereocenters. The Morgan fingerprint density at radius 3 is 2.28 bits per heavy atom. The predicted molar refractivity (Wildman–Crippen MR) is 123 cm³/mol. The number of hydrogen-bond acceptors (Lipinski definition) is 4. The van der Waals surface area contributed by atoms with Crippen molar-refractivity contribution in [1.82, 2.24) is 4.57 Å². The number of aliphatic hydroxyl groups excluding tert-OH is 1. The Morgan fingerprint density at radius 1 is 1.16 bits per heavy atom. The molecule has 0 fully saturated rings. The zero-order valence-electron chi connectivity index (χ0n) is 18.9. The molecule has 2 aromatic carbocycles. The first kappa shape index (κ1) is 22.2. The minimum absolute atomic E-state index is 0.0206. The summed E-state index contributed by atoms with van der Waals surface area (Å²) < 4.78 is 13.0. The van der Waals surface area contributed by atoms with Crippen LogP contribution < -0.4 is 9.47 Å². The van der Waals surface area contributed by atoms with Crippen LogP contribution in [0.2, 0.25) is 0 Å². The minimum atomic E-state index is -0.732. The summed E-state index contributed by atoms with van der Waals surface area (Å²) in [5, 5.41) is 11.5. The lowest BCUT2D eigenvalue weighted by Crippen LogP contribution is -2.22. The van der Waals surface area contributed by atoms with Crippen LogP contribution in [0.3, 0.4) is 0 Å². The van der Waals surface area contributed by atoms with Crippen LogP contribution in [0.5, 0.6) is 11.5 Å². The average molecular weight is 433 g/mol. The third-order valence-electron chi connectivity index (χ3n) is 6.49. The van der Waals surface area contributed by atoms with Crippen molar-refractivity contribution < 1.29 is 19.4 Å². The van der Waals surface area contributed by atoms with E-state index in [0.717, 1.165) is 19.3 Å². The molecule has 1 aliphatic rings. The Morgan fingerprint density at radius 2 is 1.78 bits per heavy atom. The number of methoxy groups -OCH3 is 2. The highest BCUT2D eigenvalue weighted by Gasteiger charge is 2.30. The second-order valence-corrected chi connectivity index (χ2v) is 8.65. The molecule has 1 N–H and O–H groups in total. The van der Waals surface area contributed by atoms with E-state index in [1.54, 1.807) is 12.1 Å². The Balaban J connectivity index is 1.63. The number of fused-ring (bicyclic) bond motifs is 1. The molecule has 4 rings (SSSR count). The van der Waals surface area contributed by atoms with E-state index in [2.05, 4.69) is 34.9 Å². The number of hydrogen-bond donors (Lipinski definition) is 1. The smallest absolute Gasteiger partial charge is 0.167 e. The summed E-state index contributed by atoms with van der Waals surface area (Å²) in [5.74, 6) is 1.17. The van der Waals surface area contributed by atoms with Crippen LogP contribution in [0.1, 0.15) is 46.5 Å². The summed E-state index contributed by atoms with van der Waals surface area (Å²) in [6.07, 6.45) is 6.10. The number of aromatic nitrogens is 1. The highest BCUT2D eigenvalue weighted by atomic mass is 16.5. The fraction of sp³-hybridized carbons (Fsp3) is 0.370. The number of benzene rings is 2. The van der Waals surface area contributed by atoms with Crippen LogP contribution in [0, 0.1) is 17.9 Å². The molecule has 0 saturated carbocycles. The van der Waals surface area contributed by atoms with Gasteiger partial charge in [-0.1, -0.05) is 24.3 Å². The van der Waals surface area contributed by atoms with Gasteiger partial charge in [0.2, 0.25) is 0 Å². The Kier molecular flexibility index (Phi) is 6.66. The van der Waals surface area contributed by atoms with E-state index in [4.69, 9.17) is 9.47 Å². The average Bonchev–Trinajstić information content (AvgIpc) is 3.46. The minimum Gasteiger partial charge on any atom is -0.496 e. The molecular weight excluding hydrogens is 402 g/mol. The Hall–Kier alpha value is -3.05. The number of ether oxygens (including phenoxy) is 2. The van der Waals surface area contributed by atoms with E-state index in [1.165, 1.54) is 32.3 Å². The fourth-order valence-electron chi connectivity index (χ4n) is 4.98. The van der Waals surface area contributed by atoms with E-state index in [-0.39, 0.29) is 11.7 Å². The highest BCUT2D eigenvalue weighted by Crippen LogP contribution is 2.39. The molecule has 1 aromatic heterocycles. The lowest BCUT2D eigenvalue weighted by Gasteiger charge is -2.27. The first-order valence-electron chi connectivity index (χ1n) is 11.0. The molecule has 32 heavy (non-hydrogen) atoms. The second kappa shape index (κ2) is 9.61. The number of aliphatic hydroxyl groups is 1. The van der Waals surface area contributed by atoms with Crippen molar-refractivity contribution in [2.45, 2.75) is 38.8 Å². The number of carbonyl (C=O) groups excluding carboxylic acids is 1. The van der Waals surface area contributed by atoms with Gasteiger partial charge in [-0.25, -0.2) is 0 Å². The van der Waals surface area contributed by atoms with Gasteiger partial charge in [-0.3, -0.25) is 4.79 Å². The number of rotatable bonds is 9. The zero-order valence-corrected chi connectivity index (χ0v) is 18.9.